The molecule has 1 aromatic heterocycles. The van der Waals surface area contributed by atoms with Crippen LogP contribution in [0.15, 0.2) is 126 Å². The molecule has 1 aliphatic carbocycles. The van der Waals surface area contributed by atoms with Gasteiger partial charge in [-0.15, -0.1) is 0 Å². The predicted molar refractivity (Wildman–Crippen MR) is 171 cm³/mol. The highest BCUT2D eigenvalue weighted by molar-refractivity contribution is 9.10. The molecular weight excluding hydrogens is 554 g/mol. The Labute approximate surface area is 240 Å². The first-order valence-corrected chi connectivity index (χ1v) is 14.3. The molecule has 1 heterocycles. The van der Waals surface area contributed by atoms with E-state index in [1.165, 1.54) is 60.4 Å². The molecular formula is C37H24BrNO. The van der Waals surface area contributed by atoms with E-state index in [4.69, 9.17) is 4.74 Å². The van der Waals surface area contributed by atoms with Crippen molar-refractivity contribution in [3.8, 4) is 22.6 Å². The number of benzene rings is 6. The molecule has 8 rings (SSSR count). The van der Waals surface area contributed by atoms with E-state index in [2.05, 4.69) is 154 Å². The Morgan fingerprint density at radius 1 is 0.600 bits per heavy atom. The van der Waals surface area contributed by atoms with E-state index in [1.807, 2.05) is 0 Å². The number of hydrogen-bond donors (Lipinski definition) is 0. The molecule has 0 unspecified atom stereocenters. The van der Waals surface area contributed by atoms with E-state index in [9.17, 15) is 0 Å². The predicted octanol–water partition coefficient (Wildman–Crippen LogP) is 10.4. The maximum absolute atomic E-state index is 6.16. The summed E-state index contributed by atoms with van der Waals surface area (Å²) in [7, 11) is 0. The second kappa shape index (κ2) is 9.25. The zero-order valence-corrected chi connectivity index (χ0v) is 23.2. The van der Waals surface area contributed by atoms with Crippen LogP contribution < -0.4 is 4.74 Å². The minimum atomic E-state index is 0.555. The van der Waals surface area contributed by atoms with Crippen LogP contribution in [0.5, 0.6) is 5.75 Å². The van der Waals surface area contributed by atoms with Crippen molar-refractivity contribution in [2.45, 2.75) is 6.61 Å². The van der Waals surface area contributed by atoms with Gasteiger partial charge in [0.15, 0.2) is 0 Å². The van der Waals surface area contributed by atoms with Gasteiger partial charge in [0, 0.05) is 26.3 Å². The van der Waals surface area contributed by atoms with Crippen molar-refractivity contribution in [1.82, 2.24) is 4.57 Å². The fourth-order valence-electron chi connectivity index (χ4n) is 5.82. The van der Waals surface area contributed by atoms with Crippen LogP contribution in [0.3, 0.4) is 0 Å². The average Bonchev–Trinajstić information content (AvgIpc) is 3.32. The molecule has 0 saturated carbocycles. The topological polar surface area (TPSA) is 14.2 Å². The van der Waals surface area contributed by atoms with Gasteiger partial charge in [0.2, 0.25) is 0 Å². The van der Waals surface area contributed by atoms with E-state index >= 15 is 0 Å². The van der Waals surface area contributed by atoms with Crippen molar-refractivity contribution in [2.75, 3.05) is 0 Å². The maximum Gasteiger partial charge on any atom is 0.119 e. The fraction of sp³-hybridized carbons (Fsp3) is 0.0270. The number of nitrogens with zero attached hydrogens (tertiary/aromatic N) is 1. The molecule has 0 amide bonds. The van der Waals surface area contributed by atoms with E-state index in [0.29, 0.717) is 6.61 Å². The van der Waals surface area contributed by atoms with Crippen LogP contribution in [0.25, 0.3) is 61.5 Å². The lowest BCUT2D eigenvalue weighted by molar-refractivity contribution is 0.306. The molecule has 0 radical (unpaired) electrons. The number of rotatable bonds is 5. The number of ether oxygens (including phenoxy) is 1. The smallest absolute Gasteiger partial charge is 0.119 e. The van der Waals surface area contributed by atoms with E-state index in [0.717, 1.165) is 15.9 Å². The summed E-state index contributed by atoms with van der Waals surface area (Å²) in [5.41, 5.74) is 9.73. The molecule has 190 valence electrons. The third kappa shape index (κ3) is 3.85. The molecule has 3 heteroatoms. The lowest BCUT2D eigenvalue weighted by atomic mass is 9.96. The largest absolute Gasteiger partial charge is 0.489 e. The second-order valence-electron chi connectivity index (χ2n) is 10.3. The van der Waals surface area contributed by atoms with Crippen molar-refractivity contribution < 1.29 is 4.74 Å². The normalized spacial score (nSPS) is 12.1. The average molecular weight is 579 g/mol. The van der Waals surface area contributed by atoms with Crippen molar-refractivity contribution in [3.63, 3.8) is 0 Å². The standard InChI is InChI=1S/C37H24BrNO/c38-30-13-9-26(10-14-30)29-12-20-36-35(22-29)34-19-11-27-3-1-2-4-33(27)37(34)39(36)31-15-17-32(18-16-31)40-23-24-5-6-25-7-8-28(25)21-24/h1-22H,23H2. The minimum absolute atomic E-state index is 0.555. The first-order chi connectivity index (χ1) is 19.7. The lowest BCUT2D eigenvalue weighted by Crippen LogP contribution is -1.99. The summed E-state index contributed by atoms with van der Waals surface area (Å²) in [4.78, 5) is 0. The van der Waals surface area contributed by atoms with Gasteiger partial charge in [0.25, 0.3) is 0 Å². The van der Waals surface area contributed by atoms with Gasteiger partial charge in [0.1, 0.15) is 12.4 Å². The van der Waals surface area contributed by atoms with E-state index in [-0.39, 0.29) is 0 Å². The summed E-state index contributed by atoms with van der Waals surface area (Å²) in [6.07, 6.45) is 4.28. The Kier molecular flexibility index (Phi) is 5.39. The van der Waals surface area contributed by atoms with Crippen LogP contribution in [-0.2, 0) is 6.61 Å². The first-order valence-electron chi connectivity index (χ1n) is 13.5. The van der Waals surface area contributed by atoms with Crippen LogP contribution >= 0.6 is 15.9 Å². The third-order valence-corrected chi connectivity index (χ3v) is 8.45. The molecule has 7 aromatic rings. The van der Waals surface area contributed by atoms with Gasteiger partial charge in [-0.25, -0.2) is 0 Å². The van der Waals surface area contributed by atoms with Crippen molar-refractivity contribution in [1.29, 1.82) is 0 Å². The Morgan fingerprint density at radius 2 is 1.40 bits per heavy atom. The summed E-state index contributed by atoms with van der Waals surface area (Å²) in [6.45, 7) is 0.555. The minimum Gasteiger partial charge on any atom is -0.489 e. The zero-order valence-electron chi connectivity index (χ0n) is 21.6. The van der Waals surface area contributed by atoms with Crippen molar-refractivity contribution >= 4 is 60.7 Å². The van der Waals surface area contributed by atoms with Gasteiger partial charge in [-0.05, 0) is 87.8 Å². The molecule has 1 aliphatic rings. The fourth-order valence-corrected chi connectivity index (χ4v) is 6.09. The number of halogens is 1. The van der Waals surface area contributed by atoms with Crippen molar-refractivity contribution in [3.05, 3.63) is 142 Å². The summed E-state index contributed by atoms with van der Waals surface area (Å²) in [6, 6.07) is 43.5. The highest BCUT2D eigenvalue weighted by Crippen LogP contribution is 2.39. The molecule has 6 aromatic carbocycles. The summed E-state index contributed by atoms with van der Waals surface area (Å²) >= 11 is 3.56. The third-order valence-electron chi connectivity index (χ3n) is 7.92. The monoisotopic (exact) mass is 577 g/mol. The second-order valence-corrected chi connectivity index (χ2v) is 11.3. The number of fused-ring (bicyclic) bond motifs is 6. The molecule has 0 bridgehead atoms. The van der Waals surface area contributed by atoms with Crippen molar-refractivity contribution in [2.24, 2.45) is 0 Å². The van der Waals surface area contributed by atoms with Gasteiger partial charge in [-0.1, -0.05) is 94.8 Å². The molecule has 0 atom stereocenters. The van der Waals surface area contributed by atoms with Gasteiger partial charge >= 0.3 is 0 Å². The Morgan fingerprint density at radius 3 is 2.20 bits per heavy atom. The number of hydrogen-bond acceptors (Lipinski definition) is 1. The van der Waals surface area contributed by atoms with Gasteiger partial charge in [-0.3, -0.25) is 0 Å². The van der Waals surface area contributed by atoms with E-state index in [1.54, 1.807) is 0 Å². The van der Waals surface area contributed by atoms with Crippen LogP contribution in [-0.4, -0.2) is 4.57 Å². The zero-order chi connectivity index (χ0) is 26.6. The first kappa shape index (κ1) is 23.3. The highest BCUT2D eigenvalue weighted by atomic mass is 79.9. The molecule has 0 spiro atoms. The van der Waals surface area contributed by atoms with Crippen LogP contribution in [0, 0.1) is 0 Å². The quantitative estimate of drug-likeness (QED) is 0.198. The lowest BCUT2D eigenvalue weighted by Gasteiger charge is -2.14. The molecule has 0 fully saturated rings. The Bertz CT molecular complexity index is 2100. The molecule has 0 N–H and O–H groups in total. The van der Waals surface area contributed by atoms with Crippen LogP contribution in [0.1, 0.15) is 16.7 Å². The Hall–Kier alpha value is -4.60. The van der Waals surface area contributed by atoms with Gasteiger partial charge in [-0.2, -0.15) is 0 Å². The summed E-state index contributed by atoms with van der Waals surface area (Å²) in [5, 5.41) is 4.98. The molecule has 0 saturated heterocycles. The Balaban J connectivity index is 1.23. The molecule has 0 aliphatic heterocycles. The van der Waals surface area contributed by atoms with Gasteiger partial charge in [0.05, 0.1) is 11.0 Å². The summed E-state index contributed by atoms with van der Waals surface area (Å²) < 4.78 is 9.64. The van der Waals surface area contributed by atoms with Gasteiger partial charge < -0.3 is 9.30 Å². The number of aromatic nitrogens is 1. The van der Waals surface area contributed by atoms with Crippen LogP contribution in [0.4, 0.5) is 0 Å². The molecule has 40 heavy (non-hydrogen) atoms. The summed E-state index contributed by atoms with van der Waals surface area (Å²) in [5.74, 6) is 0.866. The van der Waals surface area contributed by atoms with Crippen LogP contribution in [0.2, 0.25) is 0 Å². The van der Waals surface area contributed by atoms with E-state index < -0.39 is 0 Å². The highest BCUT2D eigenvalue weighted by Gasteiger charge is 2.16. The SMILES string of the molecule is Brc1ccc(-c2ccc3c(c2)c2ccc4ccccc4c2n3-c2ccc(OCc3ccc4c(c3)C=C4)cc2)cc1. The maximum atomic E-state index is 6.16. The molecule has 2 nitrogen and oxygen atoms in total.